The zero-order chi connectivity index (χ0) is 15.4. The molecule has 0 saturated carbocycles. The number of anilines is 1. The third-order valence-electron chi connectivity index (χ3n) is 3.30. The summed E-state index contributed by atoms with van der Waals surface area (Å²) in [5, 5.41) is 4.08. The van der Waals surface area contributed by atoms with Crippen LogP contribution in [-0.4, -0.2) is 16.5 Å². The van der Waals surface area contributed by atoms with Gasteiger partial charge in [0, 0.05) is 32.9 Å². The molecule has 0 spiro atoms. The van der Waals surface area contributed by atoms with Crippen molar-refractivity contribution in [3.63, 3.8) is 0 Å². The molecule has 3 nitrogen and oxygen atoms in total. The van der Waals surface area contributed by atoms with Crippen LogP contribution in [0.4, 0.5) is 5.82 Å². The van der Waals surface area contributed by atoms with Crippen molar-refractivity contribution in [1.82, 2.24) is 9.97 Å². The lowest BCUT2D eigenvalue weighted by molar-refractivity contribution is 0.936. The summed E-state index contributed by atoms with van der Waals surface area (Å²) in [6.45, 7) is 7.22. The number of halogens is 2. The van der Waals surface area contributed by atoms with Gasteiger partial charge in [0.25, 0.3) is 0 Å². The zero-order valence-electron chi connectivity index (χ0n) is 12.5. The Morgan fingerprint density at radius 2 is 2.00 bits per heavy atom. The van der Waals surface area contributed by atoms with Crippen molar-refractivity contribution in [1.29, 1.82) is 0 Å². The Morgan fingerprint density at radius 1 is 1.24 bits per heavy atom. The van der Waals surface area contributed by atoms with Gasteiger partial charge >= 0.3 is 0 Å². The molecule has 1 heterocycles. The van der Waals surface area contributed by atoms with Crippen molar-refractivity contribution in [3.8, 4) is 11.4 Å². The second kappa shape index (κ2) is 7.23. The molecular weight excluding hydrogens is 350 g/mol. The van der Waals surface area contributed by atoms with Gasteiger partial charge in [-0.05, 0) is 53.9 Å². The van der Waals surface area contributed by atoms with Gasteiger partial charge in [-0.25, -0.2) is 9.97 Å². The quantitative estimate of drug-likeness (QED) is 0.783. The molecule has 0 fully saturated rings. The fraction of sp³-hybridized carbons (Fsp3) is 0.375. The average molecular weight is 369 g/mol. The molecule has 0 aliphatic rings. The molecule has 0 amide bonds. The number of nitrogens with one attached hydrogen (secondary N) is 1. The summed E-state index contributed by atoms with van der Waals surface area (Å²) in [6.07, 6.45) is 1.94. The molecule has 2 rings (SSSR count). The molecule has 0 atom stereocenters. The minimum absolute atomic E-state index is 0.692. The minimum atomic E-state index is 0.692. The number of hydrogen-bond acceptors (Lipinski definition) is 3. The molecule has 21 heavy (non-hydrogen) atoms. The van der Waals surface area contributed by atoms with Crippen LogP contribution in [0.2, 0.25) is 5.02 Å². The summed E-state index contributed by atoms with van der Waals surface area (Å²) in [5.74, 6) is 1.64. The second-order valence-corrected chi connectivity index (χ2v) is 6.16. The topological polar surface area (TPSA) is 37.8 Å². The lowest BCUT2D eigenvalue weighted by atomic mass is 10.1. The first-order valence-corrected chi connectivity index (χ1v) is 8.30. The first kappa shape index (κ1) is 16.2. The maximum atomic E-state index is 6.00. The van der Waals surface area contributed by atoms with Gasteiger partial charge in [-0.15, -0.1) is 0 Å². The fourth-order valence-corrected chi connectivity index (χ4v) is 2.97. The lowest BCUT2D eigenvalue weighted by Gasteiger charge is -2.13. The minimum Gasteiger partial charge on any atom is -0.370 e. The summed E-state index contributed by atoms with van der Waals surface area (Å²) in [7, 11) is 0. The highest BCUT2D eigenvalue weighted by Gasteiger charge is 2.13. The highest BCUT2D eigenvalue weighted by molar-refractivity contribution is 9.10. The lowest BCUT2D eigenvalue weighted by Crippen LogP contribution is -2.08. The van der Waals surface area contributed by atoms with Crippen LogP contribution in [0.5, 0.6) is 0 Å². The SMILES string of the molecule is CCCNc1nc(-c2ccc(Cl)cc2Br)nc(CC)c1C. The Kier molecular flexibility index (Phi) is 5.59. The number of aromatic nitrogens is 2. The van der Waals surface area contributed by atoms with E-state index in [4.69, 9.17) is 16.6 Å². The van der Waals surface area contributed by atoms with E-state index in [2.05, 4.69) is 47.0 Å². The summed E-state index contributed by atoms with van der Waals surface area (Å²) < 4.78 is 0.905. The van der Waals surface area contributed by atoms with Crippen molar-refractivity contribution in [2.45, 2.75) is 33.6 Å². The largest absolute Gasteiger partial charge is 0.370 e. The van der Waals surface area contributed by atoms with Crippen molar-refractivity contribution >= 4 is 33.3 Å². The molecular formula is C16H19BrClN3. The van der Waals surface area contributed by atoms with E-state index in [0.29, 0.717) is 5.02 Å². The summed E-state index contributed by atoms with van der Waals surface area (Å²) >= 11 is 9.55. The van der Waals surface area contributed by atoms with Crippen molar-refractivity contribution in [2.75, 3.05) is 11.9 Å². The second-order valence-electron chi connectivity index (χ2n) is 4.87. The monoisotopic (exact) mass is 367 g/mol. The number of benzene rings is 1. The van der Waals surface area contributed by atoms with E-state index in [-0.39, 0.29) is 0 Å². The predicted octanol–water partition coefficient (Wildman–Crippen LogP) is 5.25. The van der Waals surface area contributed by atoms with Crippen molar-refractivity contribution < 1.29 is 0 Å². The van der Waals surface area contributed by atoms with Crippen LogP contribution in [0, 0.1) is 6.92 Å². The van der Waals surface area contributed by atoms with Gasteiger partial charge in [-0.1, -0.05) is 25.4 Å². The third kappa shape index (κ3) is 3.74. The van der Waals surface area contributed by atoms with Crippen LogP contribution in [-0.2, 0) is 6.42 Å². The van der Waals surface area contributed by atoms with Crippen molar-refractivity contribution in [3.05, 3.63) is 39.0 Å². The highest BCUT2D eigenvalue weighted by Crippen LogP contribution is 2.30. The molecule has 0 aliphatic heterocycles. The van der Waals surface area contributed by atoms with Gasteiger partial charge in [-0.3, -0.25) is 0 Å². The molecule has 0 unspecified atom stereocenters. The van der Waals surface area contributed by atoms with Gasteiger partial charge in [-0.2, -0.15) is 0 Å². The molecule has 112 valence electrons. The zero-order valence-corrected chi connectivity index (χ0v) is 14.8. The van der Waals surface area contributed by atoms with Gasteiger partial charge in [0.05, 0.1) is 0 Å². The molecule has 0 aliphatic carbocycles. The van der Waals surface area contributed by atoms with Crippen molar-refractivity contribution in [2.24, 2.45) is 0 Å². The summed E-state index contributed by atoms with van der Waals surface area (Å²) in [5.41, 5.74) is 3.15. The standard InChI is InChI=1S/C16H19BrClN3/c1-4-8-19-15-10(3)14(5-2)20-16(21-15)12-7-6-11(18)9-13(12)17/h6-7,9H,4-5,8H2,1-3H3,(H,19,20,21). The van der Waals surface area contributed by atoms with E-state index >= 15 is 0 Å². The van der Waals surface area contributed by atoms with Crippen LogP contribution in [0.1, 0.15) is 31.5 Å². The normalized spacial score (nSPS) is 10.7. The Balaban J connectivity index is 2.52. The number of nitrogens with zero attached hydrogens (tertiary/aromatic N) is 2. The van der Waals surface area contributed by atoms with Gasteiger partial charge < -0.3 is 5.32 Å². The molecule has 0 bridgehead atoms. The van der Waals surface area contributed by atoms with E-state index < -0.39 is 0 Å². The first-order chi connectivity index (χ1) is 10.1. The number of rotatable bonds is 5. The van der Waals surface area contributed by atoms with Crippen LogP contribution in [0.25, 0.3) is 11.4 Å². The van der Waals surface area contributed by atoms with Gasteiger partial charge in [0.2, 0.25) is 0 Å². The van der Waals surface area contributed by atoms with E-state index in [1.165, 1.54) is 0 Å². The molecule has 1 N–H and O–H groups in total. The Morgan fingerprint density at radius 3 is 2.62 bits per heavy atom. The Hall–Kier alpha value is -1.13. The smallest absolute Gasteiger partial charge is 0.162 e. The van der Waals surface area contributed by atoms with E-state index in [0.717, 1.165) is 52.3 Å². The van der Waals surface area contributed by atoms with Crippen LogP contribution >= 0.6 is 27.5 Å². The maximum Gasteiger partial charge on any atom is 0.162 e. The van der Waals surface area contributed by atoms with Crippen LogP contribution in [0.3, 0.4) is 0 Å². The Bertz CT molecular complexity index is 644. The third-order valence-corrected chi connectivity index (χ3v) is 4.19. The van der Waals surface area contributed by atoms with Crippen LogP contribution < -0.4 is 5.32 Å². The maximum absolute atomic E-state index is 6.00. The predicted molar refractivity (Wildman–Crippen MR) is 93.1 cm³/mol. The first-order valence-electron chi connectivity index (χ1n) is 7.13. The highest BCUT2D eigenvalue weighted by atomic mass is 79.9. The van der Waals surface area contributed by atoms with E-state index in [1.54, 1.807) is 0 Å². The molecule has 5 heteroatoms. The Labute approximate surface area is 139 Å². The fourth-order valence-electron chi connectivity index (χ4n) is 2.11. The van der Waals surface area contributed by atoms with Crippen LogP contribution in [0.15, 0.2) is 22.7 Å². The number of aryl methyl sites for hydroxylation is 1. The number of hydrogen-bond donors (Lipinski definition) is 1. The average Bonchev–Trinajstić information content (AvgIpc) is 2.46. The van der Waals surface area contributed by atoms with Gasteiger partial charge in [0.15, 0.2) is 5.82 Å². The van der Waals surface area contributed by atoms with E-state index in [1.807, 2.05) is 18.2 Å². The summed E-state index contributed by atoms with van der Waals surface area (Å²) in [4.78, 5) is 9.38. The molecule has 1 aromatic carbocycles. The summed E-state index contributed by atoms with van der Waals surface area (Å²) in [6, 6.07) is 5.67. The molecule has 1 aromatic heterocycles. The molecule has 2 aromatic rings. The van der Waals surface area contributed by atoms with E-state index in [9.17, 15) is 0 Å². The molecule has 0 radical (unpaired) electrons. The molecule has 0 saturated heterocycles. The van der Waals surface area contributed by atoms with Gasteiger partial charge in [0.1, 0.15) is 5.82 Å².